The van der Waals surface area contributed by atoms with E-state index in [2.05, 4.69) is 180 Å². The van der Waals surface area contributed by atoms with Crippen LogP contribution in [0.3, 0.4) is 0 Å². The number of thiophene rings is 1. The standard InChI is InChI=1S/C50H31N3S/c1-3-11-32(12-4-1)33-19-23-35(24-20-33)49-39-15-7-9-17-42(39)51-50(52-49)36-25-21-34(22-26-36)37-27-28-43-41(31-37)47-44(53(43)38-13-5-2-6-14-38)29-30-46-48(47)40-16-8-10-18-45(40)54-46/h1-31H. The monoisotopic (exact) mass is 705 g/mol. The van der Waals surface area contributed by atoms with Crippen LogP contribution >= 0.6 is 11.3 Å². The van der Waals surface area contributed by atoms with Gasteiger partial charge in [0.25, 0.3) is 0 Å². The van der Waals surface area contributed by atoms with Gasteiger partial charge in [-0.2, -0.15) is 0 Å². The Balaban J connectivity index is 1.03. The second-order valence-electron chi connectivity index (χ2n) is 13.8. The highest BCUT2D eigenvalue weighted by molar-refractivity contribution is 7.26. The van der Waals surface area contributed by atoms with Gasteiger partial charge in [-0.05, 0) is 70.8 Å². The summed E-state index contributed by atoms with van der Waals surface area (Å²) >= 11 is 1.87. The van der Waals surface area contributed by atoms with E-state index < -0.39 is 0 Å². The minimum atomic E-state index is 0.718. The number of rotatable bonds is 5. The maximum Gasteiger partial charge on any atom is 0.160 e. The zero-order valence-electron chi connectivity index (χ0n) is 29.1. The molecule has 0 fully saturated rings. The quantitative estimate of drug-likeness (QED) is 0.178. The predicted octanol–water partition coefficient (Wildman–Crippen LogP) is 13.8. The first-order chi connectivity index (χ1) is 26.8. The highest BCUT2D eigenvalue weighted by Crippen LogP contribution is 2.44. The van der Waals surface area contributed by atoms with Gasteiger partial charge in [0.1, 0.15) is 0 Å². The van der Waals surface area contributed by atoms with Crippen molar-refractivity contribution in [2.24, 2.45) is 0 Å². The molecule has 3 heterocycles. The number of fused-ring (bicyclic) bond motifs is 8. The highest BCUT2D eigenvalue weighted by atomic mass is 32.1. The topological polar surface area (TPSA) is 30.7 Å². The molecule has 0 amide bonds. The van der Waals surface area contributed by atoms with E-state index in [1.165, 1.54) is 58.7 Å². The van der Waals surface area contributed by atoms with Gasteiger partial charge in [-0.15, -0.1) is 11.3 Å². The number of hydrogen-bond acceptors (Lipinski definition) is 3. The molecule has 0 N–H and O–H groups in total. The molecule has 3 aromatic heterocycles. The van der Waals surface area contributed by atoms with Crippen molar-refractivity contribution in [3.05, 3.63) is 188 Å². The van der Waals surface area contributed by atoms with Crippen LogP contribution in [-0.2, 0) is 0 Å². The van der Waals surface area contributed by atoms with Gasteiger partial charge in [-0.25, -0.2) is 9.97 Å². The van der Waals surface area contributed by atoms with Crippen LogP contribution in [0.15, 0.2) is 188 Å². The second kappa shape index (κ2) is 12.4. The molecule has 0 aliphatic rings. The van der Waals surface area contributed by atoms with E-state index in [-0.39, 0.29) is 0 Å². The molecule has 0 aliphatic heterocycles. The van der Waals surface area contributed by atoms with Gasteiger partial charge >= 0.3 is 0 Å². The minimum Gasteiger partial charge on any atom is -0.309 e. The number of hydrogen-bond donors (Lipinski definition) is 0. The third-order valence-electron chi connectivity index (χ3n) is 10.6. The molecule has 0 aliphatic carbocycles. The lowest BCUT2D eigenvalue weighted by Gasteiger charge is -2.11. The van der Waals surface area contributed by atoms with Gasteiger partial charge in [-0.3, -0.25) is 0 Å². The van der Waals surface area contributed by atoms with E-state index in [0.717, 1.165) is 44.8 Å². The van der Waals surface area contributed by atoms with Gasteiger partial charge in [0.05, 0.1) is 22.2 Å². The second-order valence-corrected chi connectivity index (χ2v) is 14.9. The molecule has 0 bridgehead atoms. The Hall–Kier alpha value is -6.88. The zero-order chi connectivity index (χ0) is 35.6. The van der Waals surface area contributed by atoms with Crippen molar-refractivity contribution in [1.29, 1.82) is 0 Å². The molecular weight excluding hydrogens is 675 g/mol. The fraction of sp³-hybridized carbons (Fsp3) is 0. The van der Waals surface area contributed by atoms with Gasteiger partial charge in [-0.1, -0.05) is 140 Å². The first-order valence-corrected chi connectivity index (χ1v) is 19.1. The Morgan fingerprint density at radius 3 is 1.76 bits per heavy atom. The van der Waals surface area contributed by atoms with Crippen LogP contribution in [0.4, 0.5) is 0 Å². The van der Waals surface area contributed by atoms with Crippen LogP contribution in [0.1, 0.15) is 0 Å². The Bertz CT molecular complexity index is 3180. The van der Waals surface area contributed by atoms with Crippen LogP contribution in [0.5, 0.6) is 0 Å². The summed E-state index contributed by atoms with van der Waals surface area (Å²) < 4.78 is 5.04. The average Bonchev–Trinajstić information content (AvgIpc) is 3.79. The van der Waals surface area contributed by atoms with E-state index in [1.807, 2.05) is 23.5 Å². The summed E-state index contributed by atoms with van der Waals surface area (Å²) in [6, 6.07) is 67.2. The van der Waals surface area contributed by atoms with Gasteiger partial charge in [0.15, 0.2) is 5.82 Å². The molecule has 8 aromatic carbocycles. The molecule has 4 heteroatoms. The molecule has 252 valence electrons. The molecule has 11 rings (SSSR count). The Labute approximate surface area is 316 Å². The average molecular weight is 706 g/mol. The number of aromatic nitrogens is 3. The van der Waals surface area contributed by atoms with Crippen molar-refractivity contribution in [2.45, 2.75) is 0 Å². The smallest absolute Gasteiger partial charge is 0.160 e. The summed E-state index contributed by atoms with van der Waals surface area (Å²) in [6.45, 7) is 0. The number of benzene rings is 8. The van der Waals surface area contributed by atoms with Gasteiger partial charge in [0, 0.05) is 53.1 Å². The molecule has 0 spiro atoms. The summed E-state index contributed by atoms with van der Waals surface area (Å²) in [5, 5.41) is 6.24. The Morgan fingerprint density at radius 2 is 0.963 bits per heavy atom. The fourth-order valence-corrected chi connectivity index (χ4v) is 9.16. The maximum absolute atomic E-state index is 5.19. The molecule has 3 nitrogen and oxygen atoms in total. The Kier molecular flexibility index (Phi) is 7.04. The molecular formula is C50H31N3S. The van der Waals surface area contributed by atoms with E-state index in [4.69, 9.17) is 9.97 Å². The third-order valence-corrected chi connectivity index (χ3v) is 11.8. The zero-order valence-corrected chi connectivity index (χ0v) is 30.0. The molecule has 0 radical (unpaired) electrons. The lowest BCUT2D eigenvalue weighted by atomic mass is 9.99. The summed E-state index contributed by atoms with van der Waals surface area (Å²) in [5.74, 6) is 0.718. The summed E-state index contributed by atoms with van der Waals surface area (Å²) in [4.78, 5) is 10.2. The normalized spacial score (nSPS) is 11.7. The lowest BCUT2D eigenvalue weighted by molar-refractivity contribution is 1.18. The first kappa shape index (κ1) is 30.7. The van der Waals surface area contributed by atoms with Gasteiger partial charge in [0.2, 0.25) is 0 Å². The highest BCUT2D eigenvalue weighted by Gasteiger charge is 2.19. The lowest BCUT2D eigenvalue weighted by Crippen LogP contribution is -1.95. The minimum absolute atomic E-state index is 0.718. The number of nitrogens with zero attached hydrogens (tertiary/aromatic N) is 3. The van der Waals surface area contributed by atoms with Crippen molar-refractivity contribution in [1.82, 2.24) is 14.5 Å². The Morgan fingerprint density at radius 1 is 0.370 bits per heavy atom. The van der Waals surface area contributed by atoms with Crippen molar-refractivity contribution < 1.29 is 0 Å². The fourth-order valence-electron chi connectivity index (χ4n) is 8.05. The van der Waals surface area contributed by atoms with E-state index in [0.29, 0.717) is 0 Å². The van der Waals surface area contributed by atoms with Crippen LogP contribution in [0.25, 0.3) is 103 Å². The van der Waals surface area contributed by atoms with Crippen LogP contribution in [-0.4, -0.2) is 14.5 Å². The summed E-state index contributed by atoms with van der Waals surface area (Å²) in [6.07, 6.45) is 0. The predicted molar refractivity (Wildman–Crippen MR) is 229 cm³/mol. The molecule has 0 unspecified atom stereocenters. The third kappa shape index (κ3) is 4.96. The van der Waals surface area contributed by atoms with Crippen molar-refractivity contribution in [2.75, 3.05) is 0 Å². The van der Waals surface area contributed by atoms with Crippen molar-refractivity contribution >= 4 is 64.2 Å². The van der Waals surface area contributed by atoms with E-state index >= 15 is 0 Å². The van der Waals surface area contributed by atoms with Crippen LogP contribution < -0.4 is 0 Å². The molecule has 0 saturated heterocycles. The molecule has 0 saturated carbocycles. The summed E-state index contributed by atoms with van der Waals surface area (Å²) in [7, 11) is 0. The molecule has 11 aromatic rings. The van der Waals surface area contributed by atoms with Crippen molar-refractivity contribution in [3.63, 3.8) is 0 Å². The molecule has 0 atom stereocenters. The maximum atomic E-state index is 5.19. The van der Waals surface area contributed by atoms with Crippen LogP contribution in [0.2, 0.25) is 0 Å². The van der Waals surface area contributed by atoms with E-state index in [9.17, 15) is 0 Å². The number of para-hydroxylation sites is 2. The molecule has 54 heavy (non-hydrogen) atoms. The van der Waals surface area contributed by atoms with Crippen LogP contribution in [0, 0.1) is 0 Å². The SMILES string of the molecule is c1ccc(-c2ccc(-c3nc(-c4ccc(-c5ccc6c(c5)c5c7c(ccc5n6-c5ccccc5)sc5ccccc57)cc4)nc4ccccc34)cc2)cc1. The van der Waals surface area contributed by atoms with Crippen molar-refractivity contribution in [3.8, 4) is 50.6 Å². The summed E-state index contributed by atoms with van der Waals surface area (Å²) in [5.41, 5.74) is 12.2. The first-order valence-electron chi connectivity index (χ1n) is 18.2. The van der Waals surface area contributed by atoms with Gasteiger partial charge < -0.3 is 4.57 Å². The van der Waals surface area contributed by atoms with E-state index in [1.54, 1.807) is 0 Å². The largest absolute Gasteiger partial charge is 0.309 e.